The summed E-state index contributed by atoms with van der Waals surface area (Å²) >= 11 is 0. The Morgan fingerprint density at radius 3 is 2.55 bits per heavy atom. The molecule has 9 nitrogen and oxygen atoms in total. The van der Waals surface area contributed by atoms with E-state index in [0.717, 1.165) is 24.0 Å². The molecule has 0 spiro atoms. The quantitative estimate of drug-likeness (QED) is 0.230. The summed E-state index contributed by atoms with van der Waals surface area (Å²) in [5.41, 5.74) is 3.93. The van der Waals surface area contributed by atoms with Gasteiger partial charge in [-0.3, -0.25) is 0 Å². The van der Waals surface area contributed by atoms with Crippen LogP contribution in [0, 0.1) is 19.7 Å². The second-order valence-electron chi connectivity index (χ2n) is 13.8. The summed E-state index contributed by atoms with van der Waals surface area (Å²) in [6, 6.07) is 12.8. The van der Waals surface area contributed by atoms with Gasteiger partial charge in [-0.1, -0.05) is 24.3 Å². The van der Waals surface area contributed by atoms with E-state index in [9.17, 15) is 14.3 Å². The van der Waals surface area contributed by atoms with E-state index in [-0.39, 0.29) is 17.5 Å². The molecular formula is C37H43FN4O5. The first kappa shape index (κ1) is 32.7. The highest BCUT2D eigenvalue weighted by molar-refractivity contribution is 5.80. The maximum Gasteiger partial charge on any atom is 0.337 e. The lowest BCUT2D eigenvalue weighted by Gasteiger charge is -2.41. The Labute approximate surface area is 275 Å². The lowest BCUT2D eigenvalue weighted by Crippen LogP contribution is -2.45. The van der Waals surface area contributed by atoms with Crippen molar-refractivity contribution in [2.45, 2.75) is 84.7 Å². The zero-order valence-corrected chi connectivity index (χ0v) is 28.1. The number of anilines is 1. The fourth-order valence-electron chi connectivity index (χ4n) is 6.48. The third kappa shape index (κ3) is 6.62. The second-order valence-corrected chi connectivity index (χ2v) is 13.8. The number of piperidine rings is 1. The molecule has 1 N–H and O–H groups in total. The zero-order valence-electron chi connectivity index (χ0n) is 28.1. The number of nitrogens with zero attached hydrogens (tertiary/aromatic N) is 4. The van der Waals surface area contributed by atoms with Gasteiger partial charge in [-0.2, -0.15) is 9.61 Å². The average Bonchev–Trinajstić information content (AvgIpc) is 3.43. The third-order valence-electron chi connectivity index (χ3n) is 8.94. The predicted octanol–water partition coefficient (Wildman–Crippen LogP) is 7.47. The molecule has 0 radical (unpaired) electrons. The van der Waals surface area contributed by atoms with Crippen molar-refractivity contribution in [3.8, 4) is 28.1 Å². The highest BCUT2D eigenvalue weighted by Gasteiger charge is 2.38. The SMILES string of the molecule is Cc1nc2cc3nn2c(c1[C@H](OC(C)(C)C)C(=O)O)N1CCC(C)(CC1)OCC=C[C@H](C)Oc1ccc(F)c(C)c1-c1cccc-3c1. The minimum atomic E-state index is -1.26. The number of hydrogen-bond acceptors (Lipinski definition) is 7. The molecule has 2 atom stereocenters. The third-order valence-corrected chi connectivity index (χ3v) is 8.94. The summed E-state index contributed by atoms with van der Waals surface area (Å²) in [6.07, 6.45) is 3.84. The lowest BCUT2D eigenvalue weighted by atomic mass is 9.92. The minimum Gasteiger partial charge on any atom is -0.486 e. The van der Waals surface area contributed by atoms with Crippen LogP contribution in [0.15, 0.2) is 54.6 Å². The van der Waals surface area contributed by atoms with E-state index in [0.29, 0.717) is 65.0 Å². The Morgan fingerprint density at radius 2 is 1.85 bits per heavy atom. The first-order valence-corrected chi connectivity index (χ1v) is 16.2. The molecule has 6 bridgehead atoms. The van der Waals surface area contributed by atoms with Crippen molar-refractivity contribution in [3.05, 3.63) is 77.3 Å². The van der Waals surface area contributed by atoms with Crippen LogP contribution in [0.3, 0.4) is 0 Å². The van der Waals surface area contributed by atoms with Gasteiger partial charge in [0.25, 0.3) is 0 Å². The molecule has 5 heterocycles. The van der Waals surface area contributed by atoms with Gasteiger partial charge < -0.3 is 24.2 Å². The van der Waals surface area contributed by atoms with Gasteiger partial charge in [-0.25, -0.2) is 14.2 Å². The molecule has 3 aliphatic heterocycles. The highest BCUT2D eigenvalue weighted by Crippen LogP contribution is 2.40. The molecule has 1 fully saturated rings. The van der Waals surface area contributed by atoms with Gasteiger partial charge >= 0.3 is 5.97 Å². The molecule has 2 aromatic heterocycles. The smallest absolute Gasteiger partial charge is 0.337 e. The molecule has 0 amide bonds. The summed E-state index contributed by atoms with van der Waals surface area (Å²) < 4.78 is 35.6. The molecule has 4 aromatic rings. The lowest BCUT2D eigenvalue weighted by molar-refractivity contribution is -0.160. The van der Waals surface area contributed by atoms with Gasteiger partial charge in [-0.05, 0) is 96.7 Å². The second kappa shape index (κ2) is 12.4. The van der Waals surface area contributed by atoms with Crippen molar-refractivity contribution in [1.82, 2.24) is 14.6 Å². The Hall–Kier alpha value is -4.28. The van der Waals surface area contributed by atoms with Gasteiger partial charge in [0.1, 0.15) is 23.5 Å². The molecule has 10 heteroatoms. The summed E-state index contributed by atoms with van der Waals surface area (Å²) in [4.78, 5) is 19.8. The van der Waals surface area contributed by atoms with Crippen LogP contribution in [0.5, 0.6) is 5.75 Å². The Kier molecular flexibility index (Phi) is 8.61. The number of fused-ring (bicyclic) bond motifs is 6. The predicted molar refractivity (Wildman–Crippen MR) is 180 cm³/mol. The number of carboxylic acids is 1. The molecule has 0 unspecified atom stereocenters. The van der Waals surface area contributed by atoms with Gasteiger partial charge in [-0.15, -0.1) is 0 Å². The van der Waals surface area contributed by atoms with Gasteiger partial charge in [0.05, 0.1) is 29.1 Å². The maximum absolute atomic E-state index is 15.0. The van der Waals surface area contributed by atoms with Crippen LogP contribution in [0.1, 0.15) is 70.4 Å². The van der Waals surface area contributed by atoms with Crippen molar-refractivity contribution >= 4 is 17.4 Å². The van der Waals surface area contributed by atoms with Gasteiger partial charge in [0, 0.05) is 36.0 Å². The van der Waals surface area contributed by atoms with Gasteiger partial charge in [0.2, 0.25) is 0 Å². The summed E-state index contributed by atoms with van der Waals surface area (Å²) in [5.74, 6) is -0.184. The van der Waals surface area contributed by atoms with Gasteiger partial charge in [0.15, 0.2) is 11.8 Å². The van der Waals surface area contributed by atoms with Crippen LogP contribution < -0.4 is 9.64 Å². The number of carbonyl (C=O) groups is 1. The van der Waals surface area contributed by atoms with Crippen LogP contribution in [0.4, 0.5) is 10.2 Å². The Bertz CT molecular complexity index is 1850. The molecule has 7 rings (SSSR count). The van der Waals surface area contributed by atoms with Crippen LogP contribution in [-0.4, -0.2) is 62.7 Å². The molecular weight excluding hydrogens is 599 g/mol. The van der Waals surface area contributed by atoms with Crippen LogP contribution >= 0.6 is 0 Å². The van der Waals surface area contributed by atoms with E-state index in [1.165, 1.54) is 6.07 Å². The fraction of sp³-hybridized carbons (Fsp3) is 0.432. The number of ether oxygens (including phenoxy) is 3. The normalized spacial score (nSPS) is 20.8. The van der Waals surface area contributed by atoms with E-state index in [4.69, 9.17) is 24.3 Å². The van der Waals surface area contributed by atoms with E-state index in [2.05, 4.69) is 11.8 Å². The highest BCUT2D eigenvalue weighted by atomic mass is 19.1. The first-order valence-electron chi connectivity index (χ1n) is 16.2. The molecule has 1 saturated heterocycles. The number of rotatable bonds is 3. The number of aryl methyl sites for hydroxylation is 1. The molecule has 47 heavy (non-hydrogen) atoms. The van der Waals surface area contributed by atoms with Crippen molar-refractivity contribution in [1.29, 1.82) is 0 Å². The maximum atomic E-state index is 15.0. The Balaban J connectivity index is 1.58. The summed E-state index contributed by atoms with van der Waals surface area (Å²) in [7, 11) is 0. The summed E-state index contributed by atoms with van der Waals surface area (Å²) in [6.45, 7) is 14.8. The standard InChI is InChI=1S/C37H43FN4O5/c1-22-10-9-19-45-37(7)15-17-41(18-16-37)34-32(33(35(43)44)47-36(4,5)6)24(3)39-30-21-28(40-42(30)34)25-11-8-12-26(20-25)31-23(2)27(38)13-14-29(31)46-22/h8-14,20-22,33H,15-19H2,1-7H3,(H,43,44)/t22-,33-/m0/s1. The van der Waals surface area contributed by atoms with Crippen molar-refractivity contribution in [2.24, 2.45) is 0 Å². The van der Waals surface area contributed by atoms with E-state index in [1.807, 2.05) is 77.1 Å². The largest absolute Gasteiger partial charge is 0.486 e. The number of carboxylic acid groups (broad SMARTS) is 1. The molecule has 0 aliphatic carbocycles. The monoisotopic (exact) mass is 642 g/mol. The van der Waals surface area contributed by atoms with Crippen molar-refractivity contribution < 1.29 is 28.5 Å². The van der Waals surface area contributed by atoms with Crippen molar-refractivity contribution in [2.75, 3.05) is 24.6 Å². The number of aromatic nitrogens is 3. The van der Waals surface area contributed by atoms with Crippen LogP contribution in [0.25, 0.3) is 28.0 Å². The average molecular weight is 643 g/mol. The van der Waals surface area contributed by atoms with E-state index in [1.54, 1.807) is 17.5 Å². The fourth-order valence-corrected chi connectivity index (χ4v) is 6.48. The first-order chi connectivity index (χ1) is 22.2. The summed E-state index contributed by atoms with van der Waals surface area (Å²) in [5, 5.41) is 15.5. The topological polar surface area (TPSA) is 98.4 Å². The van der Waals surface area contributed by atoms with Crippen molar-refractivity contribution in [3.63, 3.8) is 0 Å². The Morgan fingerprint density at radius 1 is 1.13 bits per heavy atom. The number of hydrogen-bond donors (Lipinski definition) is 1. The molecule has 0 saturated carbocycles. The number of benzene rings is 2. The van der Waals surface area contributed by atoms with Crippen LogP contribution in [0.2, 0.25) is 0 Å². The van der Waals surface area contributed by atoms with E-state index >= 15 is 0 Å². The zero-order chi connectivity index (χ0) is 33.7. The number of halogens is 1. The molecule has 2 aromatic carbocycles. The molecule has 248 valence electrons. The molecule has 3 aliphatic rings. The minimum absolute atomic E-state index is 0.275. The van der Waals surface area contributed by atoms with Crippen LogP contribution in [-0.2, 0) is 14.3 Å². The van der Waals surface area contributed by atoms with E-state index < -0.39 is 17.7 Å². The number of aliphatic carboxylic acids is 1.